The first kappa shape index (κ1) is 44.5. The van der Waals surface area contributed by atoms with Crippen LogP contribution in [0.2, 0.25) is 0 Å². The van der Waals surface area contributed by atoms with Gasteiger partial charge < -0.3 is 43.6 Å². The first-order chi connectivity index (χ1) is 30.3. The quantitative estimate of drug-likeness (QED) is 0.0517. The maximum absolute atomic E-state index is 14.6. The van der Waals surface area contributed by atoms with Crippen molar-refractivity contribution in [2.24, 2.45) is 22.9 Å². The molecule has 7 atom stereocenters. The zero-order valence-corrected chi connectivity index (χ0v) is 35.6. The number of oxime groups is 1. The van der Waals surface area contributed by atoms with Crippen LogP contribution in [0.3, 0.4) is 0 Å². The lowest BCUT2D eigenvalue weighted by Crippen LogP contribution is -2.69. The number of hydrogen-bond donors (Lipinski definition) is 2. The second kappa shape index (κ2) is 20.6. The number of fused-ring (bicyclic) bond motifs is 2. The Morgan fingerprint density at radius 1 is 1.03 bits per heavy atom. The molecule has 7 rings (SSSR count). The molecule has 1 saturated heterocycles. The molecule has 1 unspecified atom stereocenters. The van der Waals surface area contributed by atoms with Crippen LogP contribution in [-0.2, 0) is 14.3 Å². The fourth-order valence-electron chi connectivity index (χ4n) is 9.74. The van der Waals surface area contributed by atoms with Gasteiger partial charge in [-0.15, -0.1) is 6.58 Å². The normalized spacial score (nSPS) is 25.5. The van der Waals surface area contributed by atoms with Crippen molar-refractivity contribution in [2.45, 2.75) is 88.2 Å². The van der Waals surface area contributed by atoms with Gasteiger partial charge in [0.1, 0.15) is 29.0 Å². The predicted octanol–water partition coefficient (Wildman–Crippen LogP) is 8.10. The SMILES string of the molecule is C=CCO[C@@]12Oc3ccc(Oc4ccc(OC)c(C=O)c4)cc3[C@H]3[C@H](CCCCO)[C@@H](CCCCO)C=C(C(=NOC4CCCCO4)C[C@@H]1N(C)C(=O)c1ccc(C#N)cc1)[C@H]32. The number of benzene rings is 3. The van der Waals surface area contributed by atoms with E-state index in [9.17, 15) is 25.1 Å². The van der Waals surface area contributed by atoms with Gasteiger partial charge in [-0.1, -0.05) is 30.1 Å². The van der Waals surface area contributed by atoms with Crippen LogP contribution in [0.1, 0.15) is 102 Å². The number of methoxy groups -OCH3 is 1. The van der Waals surface area contributed by atoms with E-state index in [4.69, 9.17) is 33.7 Å². The molecule has 0 radical (unpaired) electrons. The molecule has 2 N–H and O–H groups in total. The van der Waals surface area contributed by atoms with Crippen LogP contribution in [0.25, 0.3) is 0 Å². The highest BCUT2D eigenvalue weighted by Crippen LogP contribution is 2.62. The number of carbonyl (C=O) groups excluding carboxylic acids is 2. The van der Waals surface area contributed by atoms with Crippen molar-refractivity contribution < 1.29 is 48.3 Å². The third-order valence-corrected chi connectivity index (χ3v) is 12.7. The van der Waals surface area contributed by atoms with Gasteiger partial charge in [0.25, 0.3) is 5.91 Å². The van der Waals surface area contributed by atoms with Gasteiger partial charge in [0.15, 0.2) is 6.29 Å². The number of likely N-dealkylation sites (N-methyl/N-ethyl adjacent to an activating group) is 1. The Morgan fingerprint density at radius 2 is 1.79 bits per heavy atom. The Balaban J connectivity index is 1.42. The van der Waals surface area contributed by atoms with E-state index in [-0.39, 0.29) is 49.9 Å². The highest BCUT2D eigenvalue weighted by Gasteiger charge is 2.65. The molecule has 4 aliphatic rings. The van der Waals surface area contributed by atoms with E-state index in [1.165, 1.54) is 7.11 Å². The van der Waals surface area contributed by atoms with E-state index >= 15 is 0 Å². The standard InChI is InChI=1S/C49H57N3O10/c1-4-24-59-49-44(52(2)48(56)33-16-14-32(30-50)15-17-33)29-41(51-62-45-13-7-10-25-58-45)39-27-34(11-5-8-22-53)38(12-6-9-23-54)46(47(39)49)40-28-37(19-21-43(40)61-49)60-36-18-20-42(57-3)35(26-36)31-55/h4,14-21,26-28,31,34,38,44-47,53-54H,1,5-13,22-25,29H2,2-3H3/t34-,38+,44-,45?,46+,47+,49+/m0/s1. The summed E-state index contributed by atoms with van der Waals surface area (Å²) in [5.41, 5.74) is 3.65. The van der Waals surface area contributed by atoms with Crippen LogP contribution in [0, 0.1) is 29.1 Å². The number of hydrogen-bond acceptors (Lipinski definition) is 12. The van der Waals surface area contributed by atoms with Gasteiger partial charge in [0.05, 0.1) is 49.1 Å². The highest BCUT2D eigenvalue weighted by atomic mass is 16.8. The maximum atomic E-state index is 14.6. The van der Waals surface area contributed by atoms with Crippen molar-refractivity contribution in [1.82, 2.24) is 4.90 Å². The van der Waals surface area contributed by atoms with E-state index in [0.717, 1.165) is 55.9 Å². The van der Waals surface area contributed by atoms with Crippen molar-refractivity contribution in [3.05, 3.63) is 107 Å². The van der Waals surface area contributed by atoms with Gasteiger partial charge in [-0.3, -0.25) is 9.59 Å². The largest absolute Gasteiger partial charge is 0.496 e. The minimum Gasteiger partial charge on any atom is -0.496 e. The van der Waals surface area contributed by atoms with Crippen LogP contribution in [0.4, 0.5) is 0 Å². The summed E-state index contributed by atoms with van der Waals surface area (Å²) in [4.78, 5) is 34.4. The monoisotopic (exact) mass is 847 g/mol. The first-order valence-corrected chi connectivity index (χ1v) is 21.7. The zero-order chi connectivity index (χ0) is 43.6. The van der Waals surface area contributed by atoms with E-state index in [1.807, 2.05) is 18.2 Å². The number of aliphatic hydroxyl groups excluding tert-OH is 2. The number of aldehydes is 1. The molecule has 13 nitrogen and oxygen atoms in total. The lowest BCUT2D eigenvalue weighted by atomic mass is 9.55. The molecule has 3 aromatic carbocycles. The summed E-state index contributed by atoms with van der Waals surface area (Å²) in [5.74, 6) is -0.497. The number of rotatable bonds is 19. The summed E-state index contributed by atoms with van der Waals surface area (Å²) in [7, 11) is 3.25. The molecule has 0 bridgehead atoms. The predicted molar refractivity (Wildman–Crippen MR) is 231 cm³/mol. The van der Waals surface area contributed by atoms with Crippen molar-refractivity contribution in [3.8, 4) is 29.1 Å². The average molecular weight is 848 g/mol. The molecule has 0 aromatic heterocycles. The molecule has 13 heteroatoms. The minimum atomic E-state index is -1.45. The summed E-state index contributed by atoms with van der Waals surface area (Å²) in [6, 6.07) is 18.7. The number of ether oxygens (including phenoxy) is 5. The summed E-state index contributed by atoms with van der Waals surface area (Å²) >= 11 is 0. The van der Waals surface area contributed by atoms with Gasteiger partial charge in [-0.05, 0) is 117 Å². The molecule has 0 spiro atoms. The number of amides is 1. The number of unbranched alkanes of at least 4 members (excludes halogenated alkanes) is 2. The fourth-order valence-corrected chi connectivity index (χ4v) is 9.74. The van der Waals surface area contributed by atoms with Gasteiger partial charge in [0, 0.05) is 50.1 Å². The molecule has 2 heterocycles. The summed E-state index contributed by atoms with van der Waals surface area (Å²) in [5, 5.41) is 34.2. The molecule has 2 fully saturated rings. The molecule has 3 aromatic rings. The van der Waals surface area contributed by atoms with Gasteiger partial charge >= 0.3 is 0 Å². The Kier molecular flexibility index (Phi) is 14.8. The van der Waals surface area contributed by atoms with Crippen LogP contribution >= 0.6 is 0 Å². The van der Waals surface area contributed by atoms with Gasteiger partial charge in [-0.25, -0.2) is 0 Å². The second-order valence-corrected chi connectivity index (χ2v) is 16.4. The smallest absolute Gasteiger partial charge is 0.254 e. The minimum absolute atomic E-state index is 0.00313. The highest BCUT2D eigenvalue weighted by molar-refractivity contribution is 6.03. The number of carbonyl (C=O) groups is 2. The molecule has 2 aliphatic heterocycles. The number of aliphatic hydroxyl groups is 2. The second-order valence-electron chi connectivity index (χ2n) is 16.4. The number of nitriles is 1. The topological polar surface area (TPSA) is 169 Å². The Morgan fingerprint density at radius 3 is 2.48 bits per heavy atom. The Labute approximate surface area is 363 Å². The number of nitrogens with zero attached hydrogens (tertiary/aromatic N) is 3. The average Bonchev–Trinajstić information content (AvgIpc) is 3.31. The third kappa shape index (κ3) is 9.29. The molecular formula is C49H57N3O10. The van der Waals surface area contributed by atoms with Crippen molar-refractivity contribution in [1.29, 1.82) is 5.26 Å². The summed E-state index contributed by atoms with van der Waals surface area (Å²) < 4.78 is 32.1. The Hall–Kier alpha value is -5.52. The van der Waals surface area contributed by atoms with E-state index in [1.54, 1.807) is 60.5 Å². The zero-order valence-electron chi connectivity index (χ0n) is 35.6. The van der Waals surface area contributed by atoms with E-state index < -0.39 is 24.0 Å². The van der Waals surface area contributed by atoms with Crippen LogP contribution in [-0.4, -0.2) is 91.7 Å². The van der Waals surface area contributed by atoms with Crippen molar-refractivity contribution >= 4 is 17.9 Å². The molecule has 1 amide bonds. The first-order valence-electron chi connectivity index (χ1n) is 21.7. The fraction of sp³-hybridized carbons (Fsp3) is 0.469. The van der Waals surface area contributed by atoms with Crippen molar-refractivity contribution in [3.63, 3.8) is 0 Å². The van der Waals surface area contributed by atoms with Crippen LogP contribution in [0.15, 0.2) is 90.1 Å². The van der Waals surface area contributed by atoms with Gasteiger partial charge in [0.2, 0.25) is 12.1 Å². The van der Waals surface area contributed by atoms with Crippen LogP contribution in [0.5, 0.6) is 23.0 Å². The lowest BCUT2D eigenvalue weighted by Gasteiger charge is -2.59. The molecular weight excluding hydrogens is 791 g/mol. The van der Waals surface area contributed by atoms with Gasteiger partial charge in [-0.2, -0.15) is 5.26 Å². The lowest BCUT2D eigenvalue weighted by molar-refractivity contribution is -0.252. The van der Waals surface area contributed by atoms with Crippen LogP contribution < -0.4 is 14.2 Å². The van der Waals surface area contributed by atoms with E-state index in [2.05, 4.69) is 18.7 Å². The molecule has 2 aliphatic carbocycles. The van der Waals surface area contributed by atoms with E-state index in [0.29, 0.717) is 71.3 Å². The summed E-state index contributed by atoms with van der Waals surface area (Å²) in [6.07, 6.45) is 11.4. The van der Waals surface area contributed by atoms with Crippen molar-refractivity contribution in [2.75, 3.05) is 40.6 Å². The number of allylic oxidation sites excluding steroid dienone is 1. The molecule has 328 valence electrons. The molecule has 1 saturated carbocycles. The summed E-state index contributed by atoms with van der Waals surface area (Å²) in [6.45, 7) is 4.85. The third-order valence-electron chi connectivity index (χ3n) is 12.7. The molecule has 62 heavy (non-hydrogen) atoms. The Bertz CT molecular complexity index is 2160. The maximum Gasteiger partial charge on any atom is 0.254 e.